The minimum absolute atomic E-state index is 0.0390. The molecule has 1 saturated heterocycles. The lowest BCUT2D eigenvalue weighted by molar-refractivity contribution is 0.0762. The van der Waals surface area contributed by atoms with E-state index in [4.69, 9.17) is 5.73 Å². The number of nitrogens with zero attached hydrogens (tertiary/aromatic N) is 1. The van der Waals surface area contributed by atoms with E-state index in [2.05, 4.69) is 0 Å². The fraction of sp³-hybridized carbons (Fsp3) is 0.500. The van der Waals surface area contributed by atoms with Crippen LogP contribution in [-0.4, -0.2) is 49.8 Å². The molecule has 0 radical (unpaired) electrons. The number of anilines is 1. The van der Waals surface area contributed by atoms with Crippen LogP contribution in [0.25, 0.3) is 0 Å². The SMILES string of the molecule is CC(O)C1CCN(C(=O)c2cc(N)cc(S(C)(=O)=O)c2)C1. The molecule has 1 aromatic carbocycles. The van der Waals surface area contributed by atoms with E-state index in [0.29, 0.717) is 13.1 Å². The van der Waals surface area contributed by atoms with E-state index in [1.165, 1.54) is 18.2 Å². The fourth-order valence-corrected chi connectivity index (χ4v) is 3.20. The third-order valence-electron chi connectivity index (χ3n) is 3.80. The van der Waals surface area contributed by atoms with Gasteiger partial charge in [-0.25, -0.2) is 8.42 Å². The summed E-state index contributed by atoms with van der Waals surface area (Å²) in [6, 6.07) is 4.17. The fourth-order valence-electron chi connectivity index (χ4n) is 2.51. The Bertz CT molecular complexity index is 655. The molecule has 1 fully saturated rings. The predicted octanol–water partition coefficient (Wildman–Crippen LogP) is 0.515. The molecule has 3 N–H and O–H groups in total. The van der Waals surface area contributed by atoms with Crippen LogP contribution in [0.15, 0.2) is 23.1 Å². The Morgan fingerprint density at radius 3 is 2.62 bits per heavy atom. The second-order valence-electron chi connectivity index (χ2n) is 5.60. The average Bonchev–Trinajstić information content (AvgIpc) is 2.85. The van der Waals surface area contributed by atoms with Crippen molar-refractivity contribution in [3.63, 3.8) is 0 Å². The monoisotopic (exact) mass is 312 g/mol. The van der Waals surface area contributed by atoms with Crippen molar-refractivity contribution in [1.29, 1.82) is 0 Å². The topological polar surface area (TPSA) is 101 Å². The molecule has 6 nitrogen and oxygen atoms in total. The standard InChI is InChI=1S/C14H20N2O4S/c1-9(17)10-3-4-16(8-10)14(18)11-5-12(15)7-13(6-11)21(2,19)20/h5-7,9-10,17H,3-4,8,15H2,1-2H3. The summed E-state index contributed by atoms with van der Waals surface area (Å²) >= 11 is 0. The van der Waals surface area contributed by atoms with Gasteiger partial charge in [-0.3, -0.25) is 4.79 Å². The van der Waals surface area contributed by atoms with Crippen molar-refractivity contribution in [3.05, 3.63) is 23.8 Å². The Hall–Kier alpha value is -1.60. The Kier molecular flexibility index (Phi) is 4.25. The highest BCUT2D eigenvalue weighted by atomic mass is 32.2. The van der Waals surface area contributed by atoms with Crippen molar-refractivity contribution in [2.75, 3.05) is 25.1 Å². The summed E-state index contributed by atoms with van der Waals surface area (Å²) in [6.45, 7) is 2.73. The van der Waals surface area contributed by atoms with Gasteiger partial charge >= 0.3 is 0 Å². The maximum absolute atomic E-state index is 12.4. The highest BCUT2D eigenvalue weighted by Gasteiger charge is 2.30. The molecule has 1 aliphatic heterocycles. The molecule has 7 heteroatoms. The molecule has 2 rings (SSSR count). The van der Waals surface area contributed by atoms with Gasteiger partial charge in [-0.05, 0) is 31.5 Å². The van der Waals surface area contributed by atoms with Gasteiger partial charge in [0, 0.05) is 36.5 Å². The molecule has 2 atom stereocenters. The largest absolute Gasteiger partial charge is 0.399 e. The molecule has 1 amide bonds. The average molecular weight is 312 g/mol. The normalized spacial score (nSPS) is 20.5. The van der Waals surface area contributed by atoms with Gasteiger partial charge in [-0.1, -0.05) is 0 Å². The van der Waals surface area contributed by atoms with Crippen LogP contribution in [0.3, 0.4) is 0 Å². The number of sulfone groups is 1. The molecule has 1 heterocycles. The quantitative estimate of drug-likeness (QED) is 0.792. The van der Waals surface area contributed by atoms with Crippen LogP contribution in [0.5, 0.6) is 0 Å². The summed E-state index contributed by atoms with van der Waals surface area (Å²) in [4.78, 5) is 14.1. The number of nitrogen functional groups attached to an aromatic ring is 1. The Balaban J connectivity index is 2.26. The first kappa shape index (κ1) is 15.8. The zero-order valence-corrected chi connectivity index (χ0v) is 12.9. The number of rotatable bonds is 3. The maximum Gasteiger partial charge on any atom is 0.253 e. The number of aliphatic hydroxyl groups is 1. The van der Waals surface area contributed by atoms with Gasteiger partial charge in [0.2, 0.25) is 0 Å². The van der Waals surface area contributed by atoms with Gasteiger partial charge in [0.25, 0.3) is 5.91 Å². The minimum Gasteiger partial charge on any atom is -0.399 e. The van der Waals surface area contributed by atoms with Crippen LogP contribution in [0, 0.1) is 5.92 Å². The van der Waals surface area contributed by atoms with E-state index in [9.17, 15) is 18.3 Å². The lowest BCUT2D eigenvalue weighted by Crippen LogP contribution is -2.30. The van der Waals surface area contributed by atoms with Gasteiger partial charge in [0.15, 0.2) is 9.84 Å². The number of likely N-dealkylation sites (tertiary alicyclic amines) is 1. The zero-order chi connectivity index (χ0) is 15.8. The van der Waals surface area contributed by atoms with Crippen LogP contribution in [-0.2, 0) is 9.84 Å². The summed E-state index contributed by atoms with van der Waals surface area (Å²) in [6.07, 6.45) is 1.36. The maximum atomic E-state index is 12.4. The van der Waals surface area contributed by atoms with Crippen LogP contribution < -0.4 is 5.73 Å². The van der Waals surface area contributed by atoms with E-state index in [1.807, 2.05) is 0 Å². The number of nitrogens with two attached hydrogens (primary N) is 1. The van der Waals surface area contributed by atoms with E-state index in [0.717, 1.165) is 12.7 Å². The third-order valence-corrected chi connectivity index (χ3v) is 4.89. The summed E-state index contributed by atoms with van der Waals surface area (Å²) in [5.74, 6) is -0.195. The van der Waals surface area contributed by atoms with Gasteiger partial charge in [0.05, 0.1) is 11.0 Å². The van der Waals surface area contributed by atoms with Crippen molar-refractivity contribution in [2.45, 2.75) is 24.3 Å². The first-order valence-electron chi connectivity index (χ1n) is 6.76. The molecule has 0 aliphatic carbocycles. The third kappa shape index (κ3) is 3.54. The van der Waals surface area contributed by atoms with Crippen LogP contribution >= 0.6 is 0 Å². The first-order valence-corrected chi connectivity index (χ1v) is 8.65. The lowest BCUT2D eigenvalue weighted by atomic mass is 10.0. The molecule has 1 aliphatic rings. The second-order valence-corrected chi connectivity index (χ2v) is 7.62. The number of amides is 1. The van der Waals surface area contributed by atoms with Gasteiger partial charge in [-0.15, -0.1) is 0 Å². The number of carbonyl (C=O) groups is 1. The lowest BCUT2D eigenvalue weighted by Gasteiger charge is -2.18. The highest BCUT2D eigenvalue weighted by Crippen LogP contribution is 2.23. The molecule has 0 bridgehead atoms. The molecule has 1 aromatic rings. The van der Waals surface area contributed by atoms with Crippen molar-refractivity contribution < 1.29 is 18.3 Å². The van der Waals surface area contributed by atoms with E-state index < -0.39 is 15.9 Å². The zero-order valence-electron chi connectivity index (χ0n) is 12.1. The first-order chi connectivity index (χ1) is 9.68. The van der Waals surface area contributed by atoms with Gasteiger partial charge < -0.3 is 15.7 Å². The minimum atomic E-state index is -3.42. The Labute approximate surface area is 124 Å². The van der Waals surface area contributed by atoms with Crippen molar-refractivity contribution >= 4 is 21.4 Å². The number of hydrogen-bond donors (Lipinski definition) is 2. The van der Waals surface area contributed by atoms with Crippen molar-refractivity contribution in [2.24, 2.45) is 5.92 Å². The van der Waals surface area contributed by atoms with Gasteiger partial charge in [-0.2, -0.15) is 0 Å². The summed E-state index contributed by atoms with van der Waals surface area (Å²) in [5.41, 5.74) is 6.20. The summed E-state index contributed by atoms with van der Waals surface area (Å²) in [5, 5.41) is 9.58. The molecular weight excluding hydrogens is 292 g/mol. The van der Waals surface area contributed by atoms with Crippen LogP contribution in [0.1, 0.15) is 23.7 Å². The van der Waals surface area contributed by atoms with Crippen molar-refractivity contribution in [1.82, 2.24) is 4.90 Å². The Morgan fingerprint density at radius 2 is 2.10 bits per heavy atom. The number of aliphatic hydroxyl groups excluding tert-OH is 1. The van der Waals surface area contributed by atoms with E-state index in [1.54, 1.807) is 11.8 Å². The smallest absolute Gasteiger partial charge is 0.253 e. The molecular formula is C14H20N2O4S. The summed E-state index contributed by atoms with van der Waals surface area (Å²) in [7, 11) is -3.42. The molecule has 2 unspecified atom stereocenters. The Morgan fingerprint density at radius 1 is 1.43 bits per heavy atom. The molecule has 0 saturated carbocycles. The molecule has 0 aromatic heterocycles. The summed E-state index contributed by atoms with van der Waals surface area (Å²) < 4.78 is 23.2. The van der Waals surface area contributed by atoms with Crippen LogP contribution in [0.2, 0.25) is 0 Å². The number of hydrogen-bond acceptors (Lipinski definition) is 5. The molecule has 116 valence electrons. The second kappa shape index (κ2) is 5.65. The van der Waals surface area contributed by atoms with Crippen molar-refractivity contribution in [3.8, 4) is 0 Å². The predicted molar refractivity (Wildman–Crippen MR) is 79.7 cm³/mol. The van der Waals surface area contributed by atoms with E-state index >= 15 is 0 Å². The number of benzene rings is 1. The van der Waals surface area contributed by atoms with Crippen LogP contribution in [0.4, 0.5) is 5.69 Å². The number of carbonyl (C=O) groups excluding carboxylic acids is 1. The molecule has 21 heavy (non-hydrogen) atoms. The molecule has 0 spiro atoms. The van der Waals surface area contributed by atoms with E-state index in [-0.39, 0.29) is 28.0 Å². The van der Waals surface area contributed by atoms with Gasteiger partial charge in [0.1, 0.15) is 0 Å². The highest BCUT2D eigenvalue weighted by molar-refractivity contribution is 7.90.